The number of hydrogen-bond acceptors (Lipinski definition) is 4. The maximum absolute atomic E-state index is 13.0. The van der Waals surface area contributed by atoms with E-state index in [-0.39, 0.29) is 11.6 Å². The molecule has 4 nitrogen and oxygen atoms in total. The highest BCUT2D eigenvalue weighted by atomic mass is 19.1. The first-order valence-corrected chi connectivity index (χ1v) is 4.54. The number of phenols is 1. The minimum absolute atomic E-state index is 0.114. The molecular formula is C11H8FNO3. The molecule has 0 radical (unpaired) electrons. The van der Waals surface area contributed by atoms with E-state index < -0.39 is 17.5 Å². The van der Waals surface area contributed by atoms with Crippen molar-refractivity contribution < 1.29 is 19.0 Å². The molecule has 1 aromatic rings. The lowest BCUT2D eigenvalue weighted by Gasteiger charge is -1.97. The Labute approximate surface area is 90.7 Å². The van der Waals surface area contributed by atoms with Crippen molar-refractivity contribution in [1.29, 1.82) is 0 Å². The zero-order valence-corrected chi connectivity index (χ0v) is 8.40. The molecular weight excluding hydrogens is 213 g/mol. The van der Waals surface area contributed by atoms with Crippen LogP contribution in [0.3, 0.4) is 0 Å². The minimum Gasteiger partial charge on any atom is -0.505 e. The molecule has 0 aromatic heterocycles. The van der Waals surface area contributed by atoms with Crippen LogP contribution in [0.25, 0.3) is 6.08 Å². The number of ether oxygens (including phenoxy) is 1. The number of hydrogen-bond donors (Lipinski definition) is 1. The lowest BCUT2D eigenvalue weighted by molar-refractivity contribution is -0.130. The van der Waals surface area contributed by atoms with E-state index in [1.165, 1.54) is 18.2 Å². The van der Waals surface area contributed by atoms with Crippen LogP contribution in [0.15, 0.2) is 28.9 Å². The van der Waals surface area contributed by atoms with Crippen molar-refractivity contribution in [2.24, 2.45) is 4.99 Å². The Kier molecular flexibility index (Phi) is 2.44. The van der Waals surface area contributed by atoms with Gasteiger partial charge in [0.15, 0.2) is 23.2 Å². The summed E-state index contributed by atoms with van der Waals surface area (Å²) in [6.07, 6.45) is 1.39. The number of phenolic OH excluding ortho intramolecular Hbond substituents is 1. The molecule has 0 aliphatic carbocycles. The van der Waals surface area contributed by atoms with Crippen LogP contribution in [-0.4, -0.2) is 17.0 Å². The van der Waals surface area contributed by atoms with Gasteiger partial charge in [-0.05, 0) is 23.8 Å². The molecule has 1 aromatic carbocycles. The Morgan fingerprint density at radius 3 is 2.81 bits per heavy atom. The molecule has 5 heteroatoms. The summed E-state index contributed by atoms with van der Waals surface area (Å²) in [5, 5.41) is 8.98. The molecule has 2 rings (SSSR count). The molecule has 0 saturated carbocycles. The van der Waals surface area contributed by atoms with Crippen LogP contribution in [0.5, 0.6) is 5.75 Å². The lowest BCUT2D eigenvalue weighted by atomic mass is 10.2. The fourth-order valence-electron chi connectivity index (χ4n) is 1.29. The molecule has 0 atom stereocenters. The van der Waals surface area contributed by atoms with E-state index in [1.54, 1.807) is 6.92 Å². The summed E-state index contributed by atoms with van der Waals surface area (Å²) in [6.45, 7) is 1.55. The zero-order valence-electron chi connectivity index (χ0n) is 8.40. The van der Waals surface area contributed by atoms with E-state index in [0.717, 1.165) is 6.07 Å². The van der Waals surface area contributed by atoms with Crippen molar-refractivity contribution >= 4 is 17.9 Å². The molecule has 0 fully saturated rings. The Hall–Kier alpha value is -2.17. The summed E-state index contributed by atoms with van der Waals surface area (Å²) in [5.74, 6) is -1.49. The predicted molar refractivity (Wildman–Crippen MR) is 55.2 cm³/mol. The van der Waals surface area contributed by atoms with Crippen molar-refractivity contribution in [3.8, 4) is 5.75 Å². The Morgan fingerprint density at radius 2 is 2.25 bits per heavy atom. The number of aliphatic imine (C=N–C) groups is 1. The molecule has 1 heterocycles. The number of carbonyl (C=O) groups is 1. The second-order valence-electron chi connectivity index (χ2n) is 3.26. The van der Waals surface area contributed by atoms with Crippen molar-refractivity contribution in [1.82, 2.24) is 0 Å². The van der Waals surface area contributed by atoms with E-state index in [4.69, 9.17) is 9.84 Å². The lowest BCUT2D eigenvalue weighted by Crippen LogP contribution is -1.99. The molecule has 0 unspecified atom stereocenters. The van der Waals surface area contributed by atoms with Gasteiger partial charge in [0.25, 0.3) is 0 Å². The van der Waals surface area contributed by atoms with Crippen LogP contribution in [0.4, 0.5) is 4.39 Å². The third-order valence-electron chi connectivity index (χ3n) is 2.00. The first-order chi connectivity index (χ1) is 7.56. The van der Waals surface area contributed by atoms with Gasteiger partial charge in [0.2, 0.25) is 0 Å². The second-order valence-corrected chi connectivity index (χ2v) is 3.26. The first-order valence-electron chi connectivity index (χ1n) is 4.54. The molecule has 16 heavy (non-hydrogen) atoms. The van der Waals surface area contributed by atoms with Gasteiger partial charge in [-0.15, -0.1) is 0 Å². The van der Waals surface area contributed by atoms with E-state index >= 15 is 0 Å². The van der Waals surface area contributed by atoms with Gasteiger partial charge in [0.1, 0.15) is 0 Å². The van der Waals surface area contributed by atoms with Gasteiger partial charge < -0.3 is 9.84 Å². The second kappa shape index (κ2) is 3.77. The van der Waals surface area contributed by atoms with Crippen LogP contribution in [0, 0.1) is 5.82 Å². The fraction of sp³-hybridized carbons (Fsp3) is 0.0909. The summed E-state index contributed by atoms with van der Waals surface area (Å²) in [7, 11) is 0. The monoisotopic (exact) mass is 221 g/mol. The van der Waals surface area contributed by atoms with Crippen LogP contribution >= 0.6 is 0 Å². The summed E-state index contributed by atoms with van der Waals surface area (Å²) in [5.41, 5.74) is 0.545. The van der Waals surface area contributed by atoms with Gasteiger partial charge in [-0.3, -0.25) is 0 Å². The van der Waals surface area contributed by atoms with Gasteiger partial charge in [-0.2, -0.15) is 0 Å². The van der Waals surface area contributed by atoms with Crippen LogP contribution in [0.1, 0.15) is 12.5 Å². The number of nitrogens with zero attached hydrogens (tertiary/aromatic N) is 1. The average molecular weight is 221 g/mol. The van der Waals surface area contributed by atoms with Gasteiger partial charge >= 0.3 is 5.97 Å². The average Bonchev–Trinajstić information content (AvgIpc) is 2.51. The van der Waals surface area contributed by atoms with Crippen molar-refractivity contribution in [3.63, 3.8) is 0 Å². The topological polar surface area (TPSA) is 58.9 Å². The number of rotatable bonds is 1. The van der Waals surface area contributed by atoms with Gasteiger partial charge in [0.05, 0.1) is 0 Å². The highest BCUT2D eigenvalue weighted by Crippen LogP contribution is 2.20. The maximum Gasteiger partial charge on any atom is 0.363 e. The normalized spacial score (nSPS) is 17.5. The third-order valence-corrected chi connectivity index (χ3v) is 2.00. The maximum atomic E-state index is 13.0. The quantitative estimate of drug-likeness (QED) is 0.581. The smallest absolute Gasteiger partial charge is 0.363 e. The predicted octanol–water partition coefficient (Wildman–Crippen LogP) is 1.85. The zero-order chi connectivity index (χ0) is 11.7. The van der Waals surface area contributed by atoms with Crippen LogP contribution in [0.2, 0.25) is 0 Å². The van der Waals surface area contributed by atoms with Gasteiger partial charge in [-0.1, -0.05) is 6.07 Å². The Balaban J connectivity index is 2.36. The number of cyclic esters (lactones) is 1. The van der Waals surface area contributed by atoms with E-state index in [9.17, 15) is 9.18 Å². The summed E-state index contributed by atoms with van der Waals surface area (Å²) < 4.78 is 17.7. The number of esters is 1. The van der Waals surface area contributed by atoms with E-state index in [1.807, 2.05) is 0 Å². The highest BCUT2D eigenvalue weighted by molar-refractivity contribution is 6.06. The standard InChI is InChI=1S/C11H8FNO3/c1-6-13-9(11(15)16-6)5-7-2-3-10(14)8(12)4-7/h2-5,14H,1H3. The molecule has 82 valence electrons. The first kappa shape index (κ1) is 10.4. The highest BCUT2D eigenvalue weighted by Gasteiger charge is 2.19. The van der Waals surface area contributed by atoms with Crippen LogP contribution in [-0.2, 0) is 9.53 Å². The van der Waals surface area contributed by atoms with Crippen molar-refractivity contribution in [2.75, 3.05) is 0 Å². The van der Waals surface area contributed by atoms with Crippen molar-refractivity contribution in [3.05, 3.63) is 35.3 Å². The minimum atomic E-state index is -0.749. The summed E-state index contributed by atoms with van der Waals surface area (Å²) in [4.78, 5) is 15.0. The SMILES string of the molecule is CC1=NC(=Cc2ccc(O)c(F)c2)C(=O)O1. The Morgan fingerprint density at radius 1 is 1.50 bits per heavy atom. The van der Waals surface area contributed by atoms with E-state index in [0.29, 0.717) is 5.56 Å². The fourth-order valence-corrected chi connectivity index (χ4v) is 1.29. The number of aromatic hydroxyl groups is 1. The third kappa shape index (κ3) is 1.93. The molecule has 0 amide bonds. The van der Waals surface area contributed by atoms with Gasteiger partial charge in [0, 0.05) is 6.92 Å². The molecule has 0 saturated heterocycles. The molecule has 1 N–H and O–H groups in total. The van der Waals surface area contributed by atoms with Crippen molar-refractivity contribution in [2.45, 2.75) is 6.92 Å². The number of carbonyl (C=O) groups excluding carboxylic acids is 1. The molecule has 1 aliphatic rings. The largest absolute Gasteiger partial charge is 0.505 e. The Bertz CT molecular complexity index is 520. The summed E-state index contributed by atoms with van der Waals surface area (Å²) in [6, 6.07) is 3.79. The van der Waals surface area contributed by atoms with Gasteiger partial charge in [-0.25, -0.2) is 14.2 Å². The number of halogens is 1. The van der Waals surface area contributed by atoms with Crippen LogP contribution < -0.4 is 0 Å². The number of benzene rings is 1. The summed E-state index contributed by atoms with van der Waals surface area (Å²) >= 11 is 0. The van der Waals surface area contributed by atoms with E-state index in [2.05, 4.69) is 4.99 Å². The molecule has 0 bridgehead atoms. The molecule has 1 aliphatic heterocycles. The molecule has 0 spiro atoms.